The van der Waals surface area contributed by atoms with E-state index in [9.17, 15) is 13.6 Å². The number of thiazole rings is 1. The van der Waals surface area contributed by atoms with E-state index in [1.165, 1.54) is 24.5 Å². The van der Waals surface area contributed by atoms with Crippen molar-refractivity contribution < 1.29 is 23.0 Å². The summed E-state index contributed by atoms with van der Waals surface area (Å²) in [5.41, 5.74) is 1.48. The Balaban J connectivity index is 2.13. The molecule has 142 valence electrons. The van der Waals surface area contributed by atoms with Crippen molar-refractivity contribution in [2.75, 3.05) is 14.2 Å². The first kappa shape index (κ1) is 20.1. The number of amides is 1. The average Bonchev–Trinajstić information content (AvgIpc) is 2.95. The predicted molar refractivity (Wildman–Crippen MR) is 96.3 cm³/mol. The number of halogens is 2. The maximum atomic E-state index is 12.7. The first-order chi connectivity index (χ1) is 12.3. The minimum absolute atomic E-state index is 0.0391. The van der Waals surface area contributed by atoms with Crippen LogP contribution in [0.5, 0.6) is 11.5 Å². The first-order valence-electron chi connectivity index (χ1n) is 8.19. The van der Waals surface area contributed by atoms with E-state index in [1.807, 2.05) is 6.92 Å². The van der Waals surface area contributed by atoms with Crippen LogP contribution in [0.4, 0.5) is 8.78 Å². The number of carbonyl (C=O) groups is 1. The van der Waals surface area contributed by atoms with Gasteiger partial charge in [0.15, 0.2) is 11.5 Å². The third-order valence-electron chi connectivity index (χ3n) is 3.71. The number of hydrogen-bond acceptors (Lipinski definition) is 5. The summed E-state index contributed by atoms with van der Waals surface area (Å²) >= 11 is 1.42. The summed E-state index contributed by atoms with van der Waals surface area (Å²) < 4.78 is 34.3. The summed E-state index contributed by atoms with van der Waals surface area (Å²) in [5.74, 6) is 0.0415. The number of rotatable bonds is 8. The van der Waals surface area contributed by atoms with E-state index in [2.05, 4.69) is 16.6 Å². The minimum Gasteiger partial charge on any atom is -0.493 e. The molecule has 0 atom stereocenters. The van der Waals surface area contributed by atoms with Gasteiger partial charge >= 0.3 is 6.61 Å². The zero-order chi connectivity index (χ0) is 19.3. The van der Waals surface area contributed by atoms with E-state index in [1.54, 1.807) is 24.1 Å². The molecule has 2 rings (SSSR count). The fraction of sp³-hybridized carbons (Fsp3) is 0.444. The predicted octanol–water partition coefficient (Wildman–Crippen LogP) is 4.29. The molecule has 26 heavy (non-hydrogen) atoms. The first-order valence-corrected chi connectivity index (χ1v) is 9.00. The van der Waals surface area contributed by atoms with Crippen LogP contribution in [-0.4, -0.2) is 36.6 Å². The van der Waals surface area contributed by atoms with Crippen molar-refractivity contribution in [1.82, 2.24) is 9.88 Å². The number of aromatic nitrogens is 1. The Morgan fingerprint density at radius 3 is 2.69 bits per heavy atom. The molecule has 1 aromatic heterocycles. The van der Waals surface area contributed by atoms with Gasteiger partial charge in [0.05, 0.1) is 17.8 Å². The lowest BCUT2D eigenvalue weighted by Gasteiger charge is -2.18. The molecule has 1 amide bonds. The number of benzene rings is 1. The van der Waals surface area contributed by atoms with Crippen molar-refractivity contribution >= 4 is 17.2 Å². The lowest BCUT2D eigenvalue weighted by atomic mass is 10.2. The van der Waals surface area contributed by atoms with E-state index in [0.717, 1.165) is 29.1 Å². The van der Waals surface area contributed by atoms with Crippen LogP contribution in [0.25, 0.3) is 0 Å². The number of alkyl halides is 2. The average molecular weight is 384 g/mol. The second-order valence-corrected chi connectivity index (χ2v) is 6.88. The molecule has 2 aromatic rings. The van der Waals surface area contributed by atoms with Crippen molar-refractivity contribution in [2.24, 2.45) is 0 Å². The summed E-state index contributed by atoms with van der Waals surface area (Å²) in [6.45, 7) is 1.28. The summed E-state index contributed by atoms with van der Waals surface area (Å²) in [5, 5.41) is 0.955. The summed E-state index contributed by atoms with van der Waals surface area (Å²) in [7, 11) is 3.07. The maximum absolute atomic E-state index is 12.7. The number of nitrogens with zero attached hydrogens (tertiary/aromatic N) is 2. The molecule has 1 aromatic carbocycles. The molecule has 0 aliphatic rings. The zero-order valence-electron chi connectivity index (χ0n) is 15.2. The number of aryl methyl sites for hydroxylation is 2. The fourth-order valence-corrected chi connectivity index (χ4v) is 3.66. The van der Waals surface area contributed by atoms with E-state index in [4.69, 9.17) is 4.74 Å². The van der Waals surface area contributed by atoms with E-state index in [0.29, 0.717) is 11.4 Å². The van der Waals surface area contributed by atoms with Gasteiger partial charge in [0.1, 0.15) is 4.88 Å². The molecule has 0 N–H and O–H groups in total. The van der Waals surface area contributed by atoms with Gasteiger partial charge in [-0.2, -0.15) is 8.78 Å². The van der Waals surface area contributed by atoms with Crippen LogP contribution >= 0.6 is 11.3 Å². The summed E-state index contributed by atoms with van der Waals surface area (Å²) in [6.07, 6.45) is 1.83. The Morgan fingerprint density at radius 1 is 1.35 bits per heavy atom. The van der Waals surface area contributed by atoms with Gasteiger partial charge in [-0.1, -0.05) is 13.0 Å². The molecule has 0 aliphatic heterocycles. The van der Waals surface area contributed by atoms with Gasteiger partial charge in [-0.05, 0) is 37.5 Å². The Hall–Kier alpha value is -2.22. The summed E-state index contributed by atoms with van der Waals surface area (Å²) in [4.78, 5) is 19.3. The van der Waals surface area contributed by atoms with Gasteiger partial charge in [0, 0.05) is 13.6 Å². The quantitative estimate of drug-likeness (QED) is 0.681. The summed E-state index contributed by atoms with van der Waals surface area (Å²) in [6, 6.07) is 4.63. The second-order valence-electron chi connectivity index (χ2n) is 5.80. The highest BCUT2D eigenvalue weighted by Gasteiger charge is 2.20. The van der Waals surface area contributed by atoms with Crippen LogP contribution in [0.3, 0.4) is 0 Å². The van der Waals surface area contributed by atoms with Crippen molar-refractivity contribution in [3.8, 4) is 11.5 Å². The monoisotopic (exact) mass is 384 g/mol. The SMILES string of the molecule is CCCc1nc(C)c(C(=O)N(C)Cc2ccc(OC(F)F)c(OC)c2)s1. The van der Waals surface area contributed by atoms with Crippen molar-refractivity contribution in [3.63, 3.8) is 0 Å². The van der Waals surface area contributed by atoms with Gasteiger partial charge in [-0.25, -0.2) is 4.98 Å². The van der Waals surface area contributed by atoms with Gasteiger partial charge in [0.25, 0.3) is 5.91 Å². The molecule has 0 bridgehead atoms. The van der Waals surface area contributed by atoms with E-state index < -0.39 is 6.61 Å². The molecule has 5 nitrogen and oxygen atoms in total. The van der Waals surface area contributed by atoms with Crippen LogP contribution in [0.1, 0.15) is 39.3 Å². The van der Waals surface area contributed by atoms with E-state index in [-0.39, 0.29) is 17.4 Å². The van der Waals surface area contributed by atoms with Crippen LogP contribution in [0.2, 0.25) is 0 Å². The number of carbonyl (C=O) groups excluding carboxylic acids is 1. The normalized spacial score (nSPS) is 10.9. The fourth-order valence-electron chi connectivity index (χ4n) is 2.49. The number of hydrogen-bond donors (Lipinski definition) is 0. The minimum atomic E-state index is -2.93. The largest absolute Gasteiger partial charge is 0.493 e. The molecule has 8 heteroatoms. The Bertz CT molecular complexity index is 765. The highest BCUT2D eigenvalue weighted by atomic mass is 32.1. The molecule has 0 aliphatic carbocycles. The zero-order valence-corrected chi connectivity index (χ0v) is 16.0. The third-order valence-corrected chi connectivity index (χ3v) is 4.91. The highest BCUT2D eigenvalue weighted by molar-refractivity contribution is 7.13. The van der Waals surface area contributed by atoms with Crippen molar-refractivity contribution in [1.29, 1.82) is 0 Å². The van der Waals surface area contributed by atoms with Gasteiger partial charge in [-0.15, -0.1) is 11.3 Å². The smallest absolute Gasteiger partial charge is 0.387 e. The molecule has 1 heterocycles. The standard InChI is InChI=1S/C18H22F2N2O3S/c1-5-6-15-21-11(2)16(26-15)17(23)22(3)10-12-7-8-13(25-18(19)20)14(9-12)24-4/h7-9,18H,5-6,10H2,1-4H3. The molecule has 0 spiro atoms. The Morgan fingerprint density at radius 2 is 2.08 bits per heavy atom. The second kappa shape index (κ2) is 8.93. The Labute approximate surface area is 155 Å². The Kier molecular flexibility index (Phi) is 6.90. The molecular formula is C18H22F2N2O3S. The maximum Gasteiger partial charge on any atom is 0.387 e. The topological polar surface area (TPSA) is 51.7 Å². The highest BCUT2D eigenvalue weighted by Crippen LogP contribution is 2.30. The van der Waals surface area contributed by atoms with Crippen LogP contribution in [-0.2, 0) is 13.0 Å². The number of ether oxygens (including phenoxy) is 2. The van der Waals surface area contributed by atoms with Gasteiger partial charge < -0.3 is 14.4 Å². The van der Waals surface area contributed by atoms with Crippen LogP contribution < -0.4 is 9.47 Å². The molecule has 0 saturated heterocycles. The van der Waals surface area contributed by atoms with Crippen molar-refractivity contribution in [2.45, 2.75) is 39.8 Å². The van der Waals surface area contributed by atoms with E-state index >= 15 is 0 Å². The molecule has 0 fully saturated rings. The number of methoxy groups -OCH3 is 1. The molecule has 0 radical (unpaired) electrons. The van der Waals surface area contributed by atoms with Crippen molar-refractivity contribution in [3.05, 3.63) is 39.3 Å². The van der Waals surface area contributed by atoms with Gasteiger partial charge in [0.2, 0.25) is 0 Å². The third kappa shape index (κ3) is 4.91. The van der Waals surface area contributed by atoms with Crippen LogP contribution in [0.15, 0.2) is 18.2 Å². The molecule has 0 saturated carbocycles. The molecule has 0 unspecified atom stereocenters. The van der Waals surface area contributed by atoms with Gasteiger partial charge in [-0.3, -0.25) is 4.79 Å². The lowest BCUT2D eigenvalue weighted by Crippen LogP contribution is -2.26. The molecular weight excluding hydrogens is 362 g/mol. The lowest BCUT2D eigenvalue weighted by molar-refractivity contribution is -0.0512. The van der Waals surface area contributed by atoms with Crippen LogP contribution in [0, 0.1) is 6.92 Å².